The van der Waals surface area contributed by atoms with Gasteiger partial charge in [0.05, 0.1) is 11.3 Å². The predicted molar refractivity (Wildman–Crippen MR) is 127 cm³/mol. The van der Waals surface area contributed by atoms with E-state index in [-0.39, 0.29) is 48.9 Å². The second-order valence-electron chi connectivity index (χ2n) is 9.86. The van der Waals surface area contributed by atoms with Gasteiger partial charge in [-0.05, 0) is 49.1 Å². The molecule has 13 heteroatoms. The Bertz CT molecular complexity index is 1360. The predicted octanol–water partition coefficient (Wildman–Crippen LogP) is 4.92. The number of piperidine rings is 1. The Kier molecular flexibility index (Phi) is 6.91. The SMILES string of the molecule is O=C(O)NCC1(C(=O)N2CC(c3ccc(OC(F)(F)F)cc3)CC(c3nc(-c4cccc(F)c4)no3)C2)CC1. The number of hydrogen-bond donors (Lipinski definition) is 2. The van der Waals surface area contributed by atoms with Crippen molar-refractivity contribution < 1.29 is 41.5 Å². The van der Waals surface area contributed by atoms with Crippen LogP contribution in [0.3, 0.4) is 0 Å². The highest BCUT2D eigenvalue weighted by atomic mass is 19.4. The molecular weight excluding hydrogens is 524 g/mol. The van der Waals surface area contributed by atoms with Crippen LogP contribution in [0.4, 0.5) is 22.4 Å². The van der Waals surface area contributed by atoms with Gasteiger partial charge in [0.15, 0.2) is 0 Å². The van der Waals surface area contributed by atoms with Crippen LogP contribution in [0.2, 0.25) is 0 Å². The van der Waals surface area contributed by atoms with Gasteiger partial charge in [-0.1, -0.05) is 29.4 Å². The first-order valence-corrected chi connectivity index (χ1v) is 12.2. The Morgan fingerprint density at radius 3 is 2.49 bits per heavy atom. The minimum absolute atomic E-state index is 0.0131. The van der Waals surface area contributed by atoms with Crippen LogP contribution in [0.25, 0.3) is 11.4 Å². The monoisotopic (exact) mass is 548 g/mol. The summed E-state index contributed by atoms with van der Waals surface area (Å²) in [5.74, 6) is -1.33. The van der Waals surface area contributed by atoms with E-state index in [0.29, 0.717) is 30.4 Å². The lowest BCUT2D eigenvalue weighted by atomic mass is 9.83. The number of aromatic nitrogens is 2. The number of hydrogen-bond acceptors (Lipinski definition) is 6. The van der Waals surface area contributed by atoms with Gasteiger partial charge in [0.1, 0.15) is 11.6 Å². The van der Waals surface area contributed by atoms with Crippen molar-refractivity contribution in [2.24, 2.45) is 5.41 Å². The average Bonchev–Trinajstić information content (AvgIpc) is 3.52. The van der Waals surface area contributed by atoms with Crippen LogP contribution in [0, 0.1) is 11.2 Å². The maximum atomic E-state index is 13.7. The molecule has 1 saturated heterocycles. The molecule has 2 aromatic carbocycles. The van der Waals surface area contributed by atoms with Crippen LogP contribution in [0.15, 0.2) is 53.1 Å². The van der Waals surface area contributed by atoms with Gasteiger partial charge in [-0.25, -0.2) is 9.18 Å². The normalized spacial score (nSPS) is 20.4. The topological polar surface area (TPSA) is 118 Å². The molecule has 2 heterocycles. The smallest absolute Gasteiger partial charge is 0.465 e. The number of carbonyl (C=O) groups is 2. The van der Waals surface area contributed by atoms with Gasteiger partial charge in [-0.3, -0.25) is 4.79 Å². The van der Waals surface area contributed by atoms with E-state index in [1.54, 1.807) is 11.0 Å². The zero-order chi connectivity index (χ0) is 27.8. The fourth-order valence-corrected chi connectivity index (χ4v) is 4.97. The van der Waals surface area contributed by atoms with Crippen molar-refractivity contribution >= 4 is 12.0 Å². The van der Waals surface area contributed by atoms with Gasteiger partial charge in [-0.15, -0.1) is 13.2 Å². The third-order valence-corrected chi connectivity index (χ3v) is 7.08. The molecule has 3 aromatic rings. The number of ether oxygens (including phenoxy) is 1. The molecule has 1 aliphatic heterocycles. The molecule has 0 spiro atoms. The average molecular weight is 548 g/mol. The zero-order valence-electron chi connectivity index (χ0n) is 20.4. The molecule has 206 valence electrons. The maximum Gasteiger partial charge on any atom is 0.573 e. The van der Waals surface area contributed by atoms with Crippen LogP contribution in [-0.4, -0.2) is 58.1 Å². The molecule has 2 amide bonds. The van der Waals surface area contributed by atoms with Gasteiger partial charge >= 0.3 is 12.5 Å². The Labute approximate surface area is 219 Å². The summed E-state index contributed by atoms with van der Waals surface area (Å²) in [5, 5.41) is 15.3. The minimum Gasteiger partial charge on any atom is -0.465 e. The van der Waals surface area contributed by atoms with E-state index in [1.165, 1.54) is 42.5 Å². The summed E-state index contributed by atoms with van der Waals surface area (Å²) >= 11 is 0. The van der Waals surface area contributed by atoms with Crippen molar-refractivity contribution in [2.45, 2.75) is 37.5 Å². The highest BCUT2D eigenvalue weighted by Gasteiger charge is 2.53. The molecule has 1 saturated carbocycles. The van der Waals surface area contributed by atoms with E-state index in [2.05, 4.69) is 20.2 Å². The number of alkyl halides is 3. The first kappa shape index (κ1) is 26.4. The molecule has 0 radical (unpaired) electrons. The number of likely N-dealkylation sites (tertiary alicyclic amines) is 1. The number of halogens is 4. The molecule has 0 bridgehead atoms. The van der Waals surface area contributed by atoms with Crippen LogP contribution in [-0.2, 0) is 4.79 Å². The maximum absolute atomic E-state index is 13.7. The van der Waals surface area contributed by atoms with E-state index in [0.717, 1.165) is 0 Å². The van der Waals surface area contributed by atoms with E-state index in [1.807, 2.05) is 0 Å². The number of amides is 2. The van der Waals surface area contributed by atoms with Gasteiger partial charge in [0, 0.05) is 31.1 Å². The molecule has 2 N–H and O–H groups in total. The van der Waals surface area contributed by atoms with Crippen LogP contribution < -0.4 is 10.1 Å². The first-order chi connectivity index (χ1) is 18.5. The van der Waals surface area contributed by atoms with Crippen molar-refractivity contribution in [1.82, 2.24) is 20.4 Å². The first-order valence-electron chi connectivity index (χ1n) is 12.2. The van der Waals surface area contributed by atoms with Gasteiger partial charge in [-0.2, -0.15) is 4.98 Å². The lowest BCUT2D eigenvalue weighted by Crippen LogP contribution is -2.48. The highest BCUT2D eigenvalue weighted by Crippen LogP contribution is 2.48. The number of nitrogens with zero attached hydrogens (tertiary/aromatic N) is 3. The number of benzene rings is 2. The number of rotatable bonds is 7. The summed E-state index contributed by atoms with van der Waals surface area (Å²) in [6.07, 6.45) is -4.52. The molecule has 1 aliphatic carbocycles. The molecule has 2 unspecified atom stereocenters. The third kappa shape index (κ3) is 6.13. The summed E-state index contributed by atoms with van der Waals surface area (Å²) in [5.41, 5.74) is 0.268. The van der Waals surface area contributed by atoms with E-state index >= 15 is 0 Å². The standard InChI is InChI=1S/C26H24F4N4O5/c27-19-3-1-2-16(11-19)21-32-22(39-33-21)18-10-17(15-4-6-20(7-5-15)38-26(28,29)30)12-34(13-18)23(35)25(8-9-25)14-31-24(36)37/h1-7,11,17-18,31H,8-10,12-14H2,(H,36,37). The van der Waals surface area contributed by atoms with Crippen LogP contribution >= 0.6 is 0 Å². The summed E-state index contributed by atoms with van der Waals surface area (Å²) in [7, 11) is 0. The largest absolute Gasteiger partial charge is 0.573 e. The lowest BCUT2D eigenvalue weighted by molar-refractivity contribution is -0.274. The minimum atomic E-state index is -4.82. The van der Waals surface area contributed by atoms with Crippen molar-refractivity contribution in [2.75, 3.05) is 19.6 Å². The number of carboxylic acid groups (broad SMARTS) is 1. The molecule has 1 aromatic heterocycles. The van der Waals surface area contributed by atoms with Gasteiger partial charge < -0.3 is 24.6 Å². The Morgan fingerprint density at radius 1 is 1.13 bits per heavy atom. The number of nitrogens with one attached hydrogen (secondary N) is 1. The molecule has 2 atom stereocenters. The quantitative estimate of drug-likeness (QED) is 0.403. The second kappa shape index (κ2) is 10.2. The Morgan fingerprint density at radius 2 is 1.85 bits per heavy atom. The van der Waals surface area contributed by atoms with E-state index in [9.17, 15) is 27.2 Å². The third-order valence-electron chi connectivity index (χ3n) is 7.08. The number of carbonyl (C=O) groups excluding carboxylic acids is 1. The van der Waals surface area contributed by atoms with Crippen LogP contribution in [0.1, 0.15) is 42.6 Å². The van der Waals surface area contributed by atoms with Crippen LogP contribution in [0.5, 0.6) is 5.75 Å². The van der Waals surface area contributed by atoms with E-state index < -0.39 is 29.6 Å². The summed E-state index contributed by atoms with van der Waals surface area (Å²) < 4.78 is 61.0. The van der Waals surface area contributed by atoms with Crippen molar-refractivity contribution in [3.8, 4) is 17.1 Å². The molecule has 9 nitrogen and oxygen atoms in total. The molecular formula is C26H24F4N4O5. The molecule has 5 rings (SSSR count). The highest BCUT2D eigenvalue weighted by molar-refractivity contribution is 5.86. The summed E-state index contributed by atoms with van der Waals surface area (Å²) in [6, 6.07) is 11.2. The fraction of sp³-hybridized carbons (Fsp3) is 0.385. The Balaban J connectivity index is 1.41. The summed E-state index contributed by atoms with van der Waals surface area (Å²) in [6.45, 7) is 0.486. The van der Waals surface area contributed by atoms with Gasteiger partial charge in [0.25, 0.3) is 0 Å². The molecule has 39 heavy (non-hydrogen) atoms. The zero-order valence-corrected chi connectivity index (χ0v) is 20.4. The molecule has 2 aliphatic rings. The van der Waals surface area contributed by atoms with E-state index in [4.69, 9.17) is 9.63 Å². The second-order valence-corrected chi connectivity index (χ2v) is 9.86. The molecule has 2 fully saturated rings. The van der Waals surface area contributed by atoms with Gasteiger partial charge in [0.2, 0.25) is 17.6 Å². The van der Waals surface area contributed by atoms with Crippen molar-refractivity contribution in [1.29, 1.82) is 0 Å². The fourth-order valence-electron chi connectivity index (χ4n) is 4.97. The summed E-state index contributed by atoms with van der Waals surface area (Å²) in [4.78, 5) is 30.7. The van der Waals surface area contributed by atoms with Crippen molar-refractivity contribution in [3.05, 3.63) is 65.8 Å². The van der Waals surface area contributed by atoms with Crippen molar-refractivity contribution in [3.63, 3.8) is 0 Å². The Hall–Kier alpha value is -4.16. The lowest BCUT2D eigenvalue weighted by Gasteiger charge is -2.38.